The van der Waals surface area contributed by atoms with E-state index < -0.39 is 10.0 Å². The van der Waals surface area contributed by atoms with E-state index in [9.17, 15) is 8.42 Å². The summed E-state index contributed by atoms with van der Waals surface area (Å²) < 4.78 is 34.7. The number of ether oxygens (including phenoxy) is 1. The van der Waals surface area contributed by atoms with Gasteiger partial charge in [0.2, 0.25) is 10.0 Å². The van der Waals surface area contributed by atoms with Gasteiger partial charge in [-0.1, -0.05) is 24.3 Å². The van der Waals surface area contributed by atoms with Crippen LogP contribution >= 0.6 is 0 Å². The fraction of sp³-hybridized carbons (Fsp3) is 0.478. The van der Waals surface area contributed by atoms with Crippen molar-refractivity contribution in [3.8, 4) is 0 Å². The van der Waals surface area contributed by atoms with Gasteiger partial charge in [-0.3, -0.25) is 4.90 Å². The molecule has 0 saturated carbocycles. The zero-order valence-corrected chi connectivity index (χ0v) is 18.9. The van der Waals surface area contributed by atoms with Crippen LogP contribution in [0.2, 0.25) is 0 Å². The Labute approximate surface area is 175 Å². The third-order valence-electron chi connectivity index (χ3n) is 6.27. The van der Waals surface area contributed by atoms with E-state index in [-0.39, 0.29) is 6.54 Å². The zero-order valence-electron chi connectivity index (χ0n) is 18.1. The highest BCUT2D eigenvalue weighted by molar-refractivity contribution is 7.89. The number of sulfonamides is 1. The van der Waals surface area contributed by atoms with Crippen LogP contribution in [0, 0.1) is 34.6 Å². The quantitative estimate of drug-likeness (QED) is 0.783. The van der Waals surface area contributed by atoms with Crippen LogP contribution in [0.15, 0.2) is 29.2 Å². The molecule has 0 atom stereocenters. The van der Waals surface area contributed by atoms with Gasteiger partial charge in [-0.15, -0.1) is 0 Å². The van der Waals surface area contributed by atoms with Gasteiger partial charge in [-0.2, -0.15) is 0 Å². The Kier molecular flexibility index (Phi) is 6.79. The highest BCUT2D eigenvalue weighted by atomic mass is 32.2. The smallest absolute Gasteiger partial charge is 0.241 e. The number of morpholine rings is 1. The molecule has 0 spiro atoms. The lowest BCUT2D eigenvalue weighted by Gasteiger charge is -2.27. The van der Waals surface area contributed by atoms with Gasteiger partial charge in [0.15, 0.2) is 0 Å². The van der Waals surface area contributed by atoms with Crippen LogP contribution in [0.3, 0.4) is 0 Å². The summed E-state index contributed by atoms with van der Waals surface area (Å²) in [4.78, 5) is 2.77. The van der Waals surface area contributed by atoms with Crippen molar-refractivity contribution >= 4 is 10.0 Å². The third-order valence-corrected chi connectivity index (χ3v) is 7.94. The lowest BCUT2D eigenvalue weighted by atomic mass is 9.95. The van der Waals surface area contributed by atoms with E-state index in [1.54, 1.807) is 0 Å². The summed E-state index contributed by atoms with van der Waals surface area (Å²) in [5, 5.41) is 0. The first-order valence-corrected chi connectivity index (χ1v) is 11.6. The number of rotatable bonds is 6. The Morgan fingerprint density at radius 3 is 1.97 bits per heavy atom. The maximum Gasteiger partial charge on any atom is 0.241 e. The van der Waals surface area contributed by atoms with E-state index in [1.807, 2.05) is 45.9 Å². The van der Waals surface area contributed by atoms with Crippen molar-refractivity contribution in [1.82, 2.24) is 9.62 Å². The van der Waals surface area contributed by atoms with E-state index in [0.717, 1.165) is 71.8 Å². The van der Waals surface area contributed by atoms with E-state index in [0.29, 0.717) is 4.90 Å². The first-order valence-electron chi connectivity index (χ1n) is 10.2. The predicted molar refractivity (Wildman–Crippen MR) is 117 cm³/mol. The second-order valence-electron chi connectivity index (χ2n) is 7.94. The molecule has 1 heterocycles. The van der Waals surface area contributed by atoms with Crippen LogP contribution < -0.4 is 4.72 Å². The Balaban J connectivity index is 1.83. The second kappa shape index (κ2) is 8.96. The molecular weight excluding hydrogens is 384 g/mol. The molecule has 0 bridgehead atoms. The Hall–Kier alpha value is -1.73. The lowest BCUT2D eigenvalue weighted by Crippen LogP contribution is -2.36. The molecule has 3 rings (SSSR count). The van der Waals surface area contributed by atoms with Gasteiger partial charge in [0.1, 0.15) is 0 Å². The van der Waals surface area contributed by atoms with Gasteiger partial charge in [-0.05, 0) is 73.6 Å². The van der Waals surface area contributed by atoms with Gasteiger partial charge >= 0.3 is 0 Å². The molecule has 6 heteroatoms. The van der Waals surface area contributed by atoms with Crippen LogP contribution in [-0.4, -0.2) is 39.6 Å². The monoisotopic (exact) mass is 416 g/mol. The van der Waals surface area contributed by atoms with Gasteiger partial charge in [0, 0.05) is 26.2 Å². The molecule has 2 aromatic carbocycles. The molecule has 0 radical (unpaired) electrons. The molecule has 1 fully saturated rings. The van der Waals surface area contributed by atoms with Crippen LogP contribution in [0.1, 0.15) is 38.9 Å². The molecule has 1 aliphatic heterocycles. The summed E-state index contributed by atoms with van der Waals surface area (Å²) in [7, 11) is -3.62. The maximum absolute atomic E-state index is 13.2. The number of nitrogens with zero attached hydrogens (tertiary/aromatic N) is 1. The molecule has 5 nitrogen and oxygen atoms in total. The van der Waals surface area contributed by atoms with Crippen molar-refractivity contribution in [3.63, 3.8) is 0 Å². The maximum atomic E-state index is 13.2. The molecule has 0 unspecified atom stereocenters. The summed E-state index contributed by atoms with van der Waals surface area (Å²) >= 11 is 0. The van der Waals surface area contributed by atoms with E-state index in [1.165, 1.54) is 0 Å². The van der Waals surface area contributed by atoms with Gasteiger partial charge in [-0.25, -0.2) is 13.1 Å². The predicted octanol–water partition coefficient (Wildman–Crippen LogP) is 3.54. The van der Waals surface area contributed by atoms with Crippen molar-refractivity contribution < 1.29 is 13.2 Å². The Bertz CT molecular complexity index is 964. The largest absolute Gasteiger partial charge is 0.379 e. The lowest BCUT2D eigenvalue weighted by molar-refractivity contribution is 0.0341. The topological polar surface area (TPSA) is 58.6 Å². The highest BCUT2D eigenvalue weighted by Gasteiger charge is 2.24. The standard InChI is InChI=1S/C23H32N2O3S/c1-16-17(2)19(4)23(20(5)18(16)3)29(26,27)24-14-21-8-6-7-9-22(21)15-25-10-12-28-13-11-25/h6-9,24H,10-15H2,1-5H3. The minimum atomic E-state index is -3.62. The van der Waals surface area contributed by atoms with Crippen molar-refractivity contribution in [3.05, 3.63) is 63.2 Å². The SMILES string of the molecule is Cc1c(C)c(C)c(S(=O)(=O)NCc2ccccc2CN2CCOCC2)c(C)c1C. The zero-order chi connectivity index (χ0) is 21.2. The summed E-state index contributed by atoms with van der Waals surface area (Å²) in [5.41, 5.74) is 7.08. The number of hydrogen-bond donors (Lipinski definition) is 1. The van der Waals surface area contributed by atoms with E-state index in [4.69, 9.17) is 4.74 Å². The molecule has 29 heavy (non-hydrogen) atoms. The van der Waals surface area contributed by atoms with Crippen LogP contribution in [0.4, 0.5) is 0 Å². The number of benzene rings is 2. The minimum Gasteiger partial charge on any atom is -0.379 e. The average Bonchev–Trinajstić information content (AvgIpc) is 2.71. The third kappa shape index (κ3) is 4.72. The number of hydrogen-bond acceptors (Lipinski definition) is 4. The first-order chi connectivity index (χ1) is 13.7. The summed E-state index contributed by atoms with van der Waals surface area (Å²) in [6, 6.07) is 8.05. The molecule has 1 N–H and O–H groups in total. The number of nitrogens with one attached hydrogen (secondary N) is 1. The molecule has 158 valence electrons. The fourth-order valence-electron chi connectivity index (χ4n) is 4.00. The molecule has 0 aliphatic carbocycles. The summed E-state index contributed by atoms with van der Waals surface area (Å²) in [6.07, 6.45) is 0. The summed E-state index contributed by atoms with van der Waals surface area (Å²) in [6.45, 7) is 14.2. The Morgan fingerprint density at radius 2 is 1.38 bits per heavy atom. The van der Waals surface area contributed by atoms with Crippen molar-refractivity contribution in [2.75, 3.05) is 26.3 Å². The van der Waals surface area contributed by atoms with Gasteiger partial charge < -0.3 is 4.74 Å². The fourth-order valence-corrected chi connectivity index (χ4v) is 5.60. The van der Waals surface area contributed by atoms with Crippen LogP contribution in [-0.2, 0) is 27.8 Å². The van der Waals surface area contributed by atoms with Gasteiger partial charge in [0.25, 0.3) is 0 Å². The normalized spacial score (nSPS) is 15.6. The second-order valence-corrected chi connectivity index (χ2v) is 9.64. The summed E-state index contributed by atoms with van der Waals surface area (Å²) in [5.74, 6) is 0. The van der Waals surface area contributed by atoms with Gasteiger partial charge in [0.05, 0.1) is 18.1 Å². The molecule has 1 aliphatic rings. The van der Waals surface area contributed by atoms with Crippen LogP contribution in [0.25, 0.3) is 0 Å². The van der Waals surface area contributed by atoms with E-state index in [2.05, 4.69) is 22.6 Å². The Morgan fingerprint density at radius 1 is 0.862 bits per heavy atom. The van der Waals surface area contributed by atoms with Crippen LogP contribution in [0.5, 0.6) is 0 Å². The molecular formula is C23H32N2O3S. The molecule has 0 amide bonds. The van der Waals surface area contributed by atoms with E-state index >= 15 is 0 Å². The first kappa shape index (κ1) is 22.0. The van der Waals surface area contributed by atoms with Crippen molar-refractivity contribution in [2.45, 2.75) is 52.6 Å². The van der Waals surface area contributed by atoms with Crippen molar-refractivity contribution in [1.29, 1.82) is 0 Å². The van der Waals surface area contributed by atoms with Crippen molar-refractivity contribution in [2.24, 2.45) is 0 Å². The molecule has 0 aromatic heterocycles. The molecule has 2 aromatic rings. The average molecular weight is 417 g/mol. The minimum absolute atomic E-state index is 0.285. The molecule has 1 saturated heterocycles. The highest BCUT2D eigenvalue weighted by Crippen LogP contribution is 2.29.